The lowest BCUT2D eigenvalue weighted by Crippen LogP contribution is -2.47. The van der Waals surface area contributed by atoms with Crippen LogP contribution >= 0.6 is 0 Å². The molecule has 1 fully saturated rings. The first-order chi connectivity index (χ1) is 6.15. The summed E-state index contributed by atoms with van der Waals surface area (Å²) in [6.07, 6.45) is -0.968. The van der Waals surface area contributed by atoms with E-state index in [9.17, 15) is 10.2 Å². The SMILES string of the molecule is CCCO[C@H]1CC(O)[C@@H](O)C(C)O1. The van der Waals surface area contributed by atoms with Gasteiger partial charge in [-0.3, -0.25) is 0 Å². The van der Waals surface area contributed by atoms with Crippen LogP contribution in [0, 0.1) is 0 Å². The Bertz CT molecular complexity index is 139. The highest BCUT2D eigenvalue weighted by Crippen LogP contribution is 2.20. The van der Waals surface area contributed by atoms with E-state index in [1.807, 2.05) is 6.92 Å². The van der Waals surface area contributed by atoms with Crippen LogP contribution in [-0.4, -0.2) is 41.4 Å². The van der Waals surface area contributed by atoms with Crippen LogP contribution in [0.2, 0.25) is 0 Å². The van der Waals surface area contributed by atoms with Crippen LogP contribution in [0.25, 0.3) is 0 Å². The molecule has 0 aromatic rings. The molecular weight excluding hydrogens is 172 g/mol. The van der Waals surface area contributed by atoms with Crippen LogP contribution in [0.15, 0.2) is 0 Å². The van der Waals surface area contributed by atoms with E-state index in [0.717, 1.165) is 6.42 Å². The van der Waals surface area contributed by atoms with Crippen LogP contribution in [0.5, 0.6) is 0 Å². The molecular formula is C9H18O4. The fourth-order valence-electron chi connectivity index (χ4n) is 1.38. The van der Waals surface area contributed by atoms with Gasteiger partial charge in [-0.15, -0.1) is 0 Å². The quantitative estimate of drug-likeness (QED) is 0.670. The second-order valence-corrected chi connectivity index (χ2v) is 3.44. The zero-order valence-electron chi connectivity index (χ0n) is 8.14. The first-order valence-electron chi connectivity index (χ1n) is 4.78. The summed E-state index contributed by atoms with van der Waals surface area (Å²) in [7, 11) is 0. The van der Waals surface area contributed by atoms with Gasteiger partial charge in [-0.1, -0.05) is 6.92 Å². The number of hydrogen-bond acceptors (Lipinski definition) is 4. The summed E-state index contributed by atoms with van der Waals surface area (Å²) in [6.45, 7) is 4.37. The van der Waals surface area contributed by atoms with Gasteiger partial charge in [0.05, 0.1) is 12.2 Å². The second kappa shape index (κ2) is 4.91. The molecule has 1 saturated heterocycles. The predicted octanol–water partition coefficient (Wildman–Crippen LogP) is 0.270. The molecule has 0 amide bonds. The lowest BCUT2D eigenvalue weighted by molar-refractivity contribution is -0.245. The van der Waals surface area contributed by atoms with Crippen molar-refractivity contribution in [2.24, 2.45) is 0 Å². The highest BCUT2D eigenvalue weighted by Gasteiger charge is 2.34. The molecule has 0 aromatic heterocycles. The van der Waals surface area contributed by atoms with Crippen molar-refractivity contribution in [2.75, 3.05) is 6.61 Å². The third-order valence-corrected chi connectivity index (χ3v) is 2.18. The van der Waals surface area contributed by atoms with Gasteiger partial charge >= 0.3 is 0 Å². The summed E-state index contributed by atoms with van der Waals surface area (Å²) in [6, 6.07) is 0. The minimum absolute atomic E-state index is 0.353. The van der Waals surface area contributed by atoms with E-state index in [4.69, 9.17) is 9.47 Å². The molecule has 1 aliphatic heterocycles. The molecule has 0 bridgehead atoms. The van der Waals surface area contributed by atoms with Gasteiger partial charge in [-0.2, -0.15) is 0 Å². The monoisotopic (exact) mass is 190 g/mol. The third kappa shape index (κ3) is 2.91. The van der Waals surface area contributed by atoms with Crippen LogP contribution < -0.4 is 0 Å². The van der Waals surface area contributed by atoms with Gasteiger partial charge < -0.3 is 19.7 Å². The molecule has 0 aromatic carbocycles. The lowest BCUT2D eigenvalue weighted by Gasteiger charge is -2.35. The molecule has 0 aliphatic carbocycles. The maximum Gasteiger partial charge on any atom is 0.160 e. The maximum absolute atomic E-state index is 9.41. The van der Waals surface area contributed by atoms with Gasteiger partial charge in [0, 0.05) is 13.0 Å². The predicted molar refractivity (Wildman–Crippen MR) is 47.2 cm³/mol. The molecule has 0 spiro atoms. The van der Waals surface area contributed by atoms with Crippen molar-refractivity contribution >= 4 is 0 Å². The minimum Gasteiger partial charge on any atom is -0.390 e. The standard InChI is InChI=1S/C9H18O4/c1-3-4-12-8-5-7(10)9(11)6(2)13-8/h6-11H,3-5H2,1-2H3/t6?,7?,8-,9+/m1/s1. The fourth-order valence-corrected chi connectivity index (χ4v) is 1.38. The Morgan fingerprint density at radius 2 is 2.15 bits per heavy atom. The summed E-state index contributed by atoms with van der Waals surface area (Å²) in [4.78, 5) is 0. The smallest absolute Gasteiger partial charge is 0.160 e. The molecule has 1 aliphatic rings. The van der Waals surface area contributed by atoms with Gasteiger partial charge in [0.15, 0.2) is 6.29 Å². The number of aliphatic hydroxyl groups is 2. The minimum atomic E-state index is -0.790. The molecule has 1 heterocycles. The van der Waals surface area contributed by atoms with Crippen LogP contribution in [0.1, 0.15) is 26.7 Å². The first kappa shape index (κ1) is 10.9. The molecule has 13 heavy (non-hydrogen) atoms. The van der Waals surface area contributed by atoms with Gasteiger partial charge in [-0.25, -0.2) is 0 Å². The Hall–Kier alpha value is -0.160. The Morgan fingerprint density at radius 1 is 1.46 bits per heavy atom. The highest BCUT2D eigenvalue weighted by molar-refractivity contribution is 4.79. The Labute approximate surface area is 78.5 Å². The van der Waals surface area contributed by atoms with E-state index >= 15 is 0 Å². The summed E-state index contributed by atoms with van der Waals surface area (Å²) in [5.41, 5.74) is 0. The topological polar surface area (TPSA) is 58.9 Å². The normalized spacial score (nSPS) is 40.6. The van der Waals surface area contributed by atoms with E-state index in [1.165, 1.54) is 0 Å². The number of hydrogen-bond donors (Lipinski definition) is 2. The van der Waals surface area contributed by atoms with E-state index in [-0.39, 0.29) is 12.4 Å². The molecule has 4 atom stereocenters. The third-order valence-electron chi connectivity index (χ3n) is 2.18. The van der Waals surface area contributed by atoms with Crippen molar-refractivity contribution in [3.63, 3.8) is 0 Å². The van der Waals surface area contributed by atoms with E-state index < -0.39 is 12.2 Å². The molecule has 1 rings (SSSR count). The molecule has 4 heteroatoms. The van der Waals surface area contributed by atoms with Crippen molar-refractivity contribution in [1.82, 2.24) is 0 Å². The Balaban J connectivity index is 2.35. The number of rotatable bonds is 3. The van der Waals surface area contributed by atoms with E-state index in [0.29, 0.717) is 13.0 Å². The second-order valence-electron chi connectivity index (χ2n) is 3.44. The van der Waals surface area contributed by atoms with Crippen LogP contribution in [0.4, 0.5) is 0 Å². The van der Waals surface area contributed by atoms with E-state index in [2.05, 4.69) is 0 Å². The lowest BCUT2D eigenvalue weighted by atomic mass is 10.0. The van der Waals surface area contributed by atoms with Crippen LogP contribution in [-0.2, 0) is 9.47 Å². The molecule has 0 saturated carbocycles. The molecule has 78 valence electrons. The maximum atomic E-state index is 9.41. The van der Waals surface area contributed by atoms with Gasteiger partial charge in [0.25, 0.3) is 0 Å². The zero-order chi connectivity index (χ0) is 9.84. The van der Waals surface area contributed by atoms with Gasteiger partial charge in [-0.05, 0) is 13.3 Å². The number of aliphatic hydroxyl groups excluding tert-OH is 2. The largest absolute Gasteiger partial charge is 0.390 e. The summed E-state index contributed by atoms with van der Waals surface area (Å²) >= 11 is 0. The van der Waals surface area contributed by atoms with Gasteiger partial charge in [0.1, 0.15) is 6.10 Å². The Kier molecular flexibility index (Phi) is 4.12. The first-order valence-corrected chi connectivity index (χ1v) is 4.78. The highest BCUT2D eigenvalue weighted by atomic mass is 16.7. The average Bonchev–Trinajstić information content (AvgIpc) is 2.10. The summed E-state index contributed by atoms with van der Waals surface area (Å²) in [5.74, 6) is 0. The average molecular weight is 190 g/mol. The zero-order valence-corrected chi connectivity index (χ0v) is 8.14. The van der Waals surface area contributed by atoms with Gasteiger partial charge in [0.2, 0.25) is 0 Å². The molecule has 0 radical (unpaired) electrons. The summed E-state index contributed by atoms with van der Waals surface area (Å²) < 4.78 is 10.7. The summed E-state index contributed by atoms with van der Waals surface area (Å²) in [5, 5.41) is 18.8. The number of ether oxygens (including phenoxy) is 2. The molecule has 2 unspecified atom stereocenters. The molecule has 2 N–H and O–H groups in total. The Morgan fingerprint density at radius 3 is 2.69 bits per heavy atom. The van der Waals surface area contributed by atoms with Crippen molar-refractivity contribution in [2.45, 2.75) is 51.3 Å². The van der Waals surface area contributed by atoms with Crippen molar-refractivity contribution in [3.05, 3.63) is 0 Å². The van der Waals surface area contributed by atoms with Crippen molar-refractivity contribution < 1.29 is 19.7 Å². The van der Waals surface area contributed by atoms with Crippen molar-refractivity contribution in [1.29, 1.82) is 0 Å². The fraction of sp³-hybridized carbons (Fsp3) is 1.00. The van der Waals surface area contributed by atoms with Crippen LogP contribution in [0.3, 0.4) is 0 Å². The molecule has 4 nitrogen and oxygen atoms in total. The van der Waals surface area contributed by atoms with E-state index in [1.54, 1.807) is 6.92 Å². The van der Waals surface area contributed by atoms with Crippen molar-refractivity contribution in [3.8, 4) is 0 Å².